The molecule has 2 aromatic carbocycles. The fraction of sp³-hybridized carbons (Fsp3) is 0.622. The number of hydrogen-bond acceptors (Lipinski definition) is 19. The van der Waals surface area contributed by atoms with E-state index in [9.17, 15) is 51.7 Å². The molecule has 0 spiro atoms. The molecule has 3 heterocycles. The Hall–Kier alpha value is -3.27. The first-order valence-corrected chi connectivity index (χ1v) is 28.3. The van der Waals surface area contributed by atoms with Gasteiger partial charge in [-0.15, -0.1) is 0 Å². The molecule has 1 unspecified atom stereocenters. The molecule has 0 aliphatic carbocycles. The smallest absolute Gasteiger partial charge is 0.323 e. The van der Waals surface area contributed by atoms with Gasteiger partial charge in [-0.3, -0.25) is 32.4 Å². The molecule has 380 valence electrons. The fourth-order valence-corrected chi connectivity index (χ4v) is 9.30. The van der Waals surface area contributed by atoms with Gasteiger partial charge >= 0.3 is 11.9 Å². The highest BCUT2D eigenvalue weighted by Gasteiger charge is 2.38. The molecule has 0 amide bonds. The zero-order valence-electron chi connectivity index (χ0n) is 36.0. The van der Waals surface area contributed by atoms with Gasteiger partial charge in [0, 0.05) is 19.1 Å². The zero-order valence-corrected chi connectivity index (χ0v) is 40.1. The number of ether oxygens (including phenoxy) is 2. The second kappa shape index (κ2) is 30.3. The Morgan fingerprint density at radius 3 is 1.21 bits per heavy atom. The molecular weight excluding hydrogens is 979 g/mol. The number of hydrogen-bond donors (Lipinski definition) is 10. The van der Waals surface area contributed by atoms with E-state index in [1.807, 2.05) is 60.7 Å². The molecule has 3 fully saturated rings. The molecule has 3 saturated heterocycles. The molecule has 3 aliphatic heterocycles. The van der Waals surface area contributed by atoms with Gasteiger partial charge in [0.2, 0.25) is 0 Å². The first-order chi connectivity index (χ1) is 30.6. The first-order valence-electron chi connectivity index (χ1n) is 20.4. The third-order valence-corrected chi connectivity index (χ3v) is 14.2. The van der Waals surface area contributed by atoms with E-state index >= 15 is 0 Å². The van der Waals surface area contributed by atoms with Crippen molar-refractivity contribution in [2.45, 2.75) is 93.2 Å². The Labute approximate surface area is 387 Å². The molecule has 24 nitrogen and oxygen atoms in total. The summed E-state index contributed by atoms with van der Waals surface area (Å²) in [6.07, 6.45) is 4.07. The van der Waals surface area contributed by atoms with Crippen molar-refractivity contribution in [1.82, 2.24) is 16.0 Å². The van der Waals surface area contributed by atoms with E-state index in [1.54, 1.807) is 0 Å². The van der Waals surface area contributed by atoms with E-state index in [4.69, 9.17) is 43.7 Å². The monoisotopic (exact) mass is 1040 g/mol. The third kappa shape index (κ3) is 30.2. The van der Waals surface area contributed by atoms with Crippen LogP contribution in [-0.4, -0.2) is 155 Å². The summed E-state index contributed by atoms with van der Waals surface area (Å²) in [5.41, 5.74) is 11.9. The molecule has 66 heavy (non-hydrogen) atoms. The summed E-state index contributed by atoms with van der Waals surface area (Å²) in [4.78, 5) is 23.5. The number of nitrogens with two attached hydrogens (primary N) is 2. The van der Waals surface area contributed by atoms with Gasteiger partial charge in [-0.25, -0.2) is 0 Å². The van der Waals surface area contributed by atoms with Crippen molar-refractivity contribution in [2.24, 2.45) is 11.5 Å². The lowest BCUT2D eigenvalue weighted by Crippen LogP contribution is -2.32. The summed E-state index contributed by atoms with van der Waals surface area (Å²) >= 11 is 0. The van der Waals surface area contributed by atoms with Crippen LogP contribution in [0.2, 0.25) is 0 Å². The van der Waals surface area contributed by atoms with Crippen molar-refractivity contribution in [3.63, 3.8) is 0 Å². The van der Waals surface area contributed by atoms with Crippen LogP contribution in [0.25, 0.3) is 0 Å². The quantitative estimate of drug-likeness (QED) is 0.0513. The fourth-order valence-electron chi connectivity index (χ4n) is 5.89. The van der Waals surface area contributed by atoms with E-state index in [0.717, 1.165) is 30.5 Å². The predicted molar refractivity (Wildman–Crippen MR) is 243 cm³/mol. The van der Waals surface area contributed by atoms with Crippen LogP contribution in [0, 0.1) is 0 Å². The van der Waals surface area contributed by atoms with Crippen LogP contribution in [0.5, 0.6) is 0 Å². The van der Waals surface area contributed by atoms with Crippen LogP contribution in [0.1, 0.15) is 62.5 Å². The maximum Gasteiger partial charge on any atom is 0.323 e. The molecule has 3 aliphatic rings. The number of benzene rings is 2. The lowest BCUT2D eigenvalue weighted by Gasteiger charge is -2.10. The molecule has 12 N–H and O–H groups in total. The second-order valence-electron chi connectivity index (χ2n) is 15.0. The molecule has 0 aromatic heterocycles. The predicted octanol–water partition coefficient (Wildman–Crippen LogP) is -0.451. The summed E-state index contributed by atoms with van der Waals surface area (Å²) < 4.78 is 157. The molecule has 5 rings (SSSR count). The van der Waals surface area contributed by atoms with Crippen molar-refractivity contribution in [3.8, 4) is 0 Å². The Morgan fingerprint density at radius 1 is 0.561 bits per heavy atom. The summed E-state index contributed by atoms with van der Waals surface area (Å²) in [5, 5.41) is 6.56. The minimum Gasteiger partial charge on any atom is -0.460 e. The maximum absolute atomic E-state index is 11.7. The highest BCUT2D eigenvalue weighted by atomic mass is 32.2. The lowest BCUT2D eigenvalue weighted by molar-refractivity contribution is -0.147. The zero-order chi connectivity index (χ0) is 50.0. The largest absolute Gasteiger partial charge is 0.460 e. The van der Waals surface area contributed by atoms with Crippen LogP contribution in [0.3, 0.4) is 0 Å². The van der Waals surface area contributed by atoms with Crippen molar-refractivity contribution in [2.75, 3.05) is 50.0 Å². The molecule has 2 aromatic rings. The topological polar surface area (TPSA) is 413 Å². The molecule has 0 bridgehead atoms. The number of carbonyl (C=O) groups excluding carboxylic acids is 2. The van der Waals surface area contributed by atoms with E-state index in [-0.39, 0.29) is 62.4 Å². The number of nitrogens with one attached hydrogen (secondary N) is 3. The number of esters is 2. The van der Waals surface area contributed by atoms with Gasteiger partial charge in [0.1, 0.15) is 35.8 Å². The average molecular weight is 1040 g/mol. The summed E-state index contributed by atoms with van der Waals surface area (Å²) in [6.45, 7) is 2.21. The van der Waals surface area contributed by atoms with Crippen molar-refractivity contribution < 1.29 is 83.9 Å². The minimum atomic E-state index is -4.11. The molecule has 0 saturated carbocycles. The molecule has 29 heteroatoms. The summed E-state index contributed by atoms with van der Waals surface area (Å²) in [5.74, 6) is -1.51. The summed E-state index contributed by atoms with van der Waals surface area (Å²) in [7, 11) is -19.5. The number of carbonyl (C=O) groups is 2. The normalized spacial score (nSPS) is 20.7. The Morgan fingerprint density at radius 2 is 0.939 bits per heavy atom. The van der Waals surface area contributed by atoms with Crippen molar-refractivity contribution >= 4 is 62.5 Å². The SMILES string of the molecule is NCCCCS(=O)(=O)O.NCCCCS(=O)(=O)O.O=C(OCc1ccccc1)[C@@H]1C[C@H](S(=O)(=O)O)CN1.O=C(OCc1ccccc1)[C@@H]1C[C@H](S(=O)(=O)O)CN1.O=S(=O)(O)CC1CCCN1. The standard InChI is InChI=1S/2C12H15NO5S.C5H11NO3S.2C4H11NO3S/c2*14-12(18-8-9-4-2-1-3-5-9)11-6-10(7-13-11)19(15,16)17;7-10(8,9)4-5-2-1-3-6-5;2*5-3-1-2-4-9(6,7)8/h2*1-5,10-11,13H,6-8H2,(H,15,16,17);5-6H,1-4H2,(H,7,8,9);2*1-5H2,(H,6,7,8)/t2*10-,11-;;;/m00.../s1. The summed E-state index contributed by atoms with van der Waals surface area (Å²) in [6, 6.07) is 17.0. The van der Waals surface area contributed by atoms with Gasteiger partial charge < -0.3 is 36.9 Å². The van der Waals surface area contributed by atoms with E-state index in [0.29, 0.717) is 38.8 Å². The molecular formula is C37H63N5O19S5. The van der Waals surface area contributed by atoms with Crippen molar-refractivity contribution in [3.05, 3.63) is 71.8 Å². The van der Waals surface area contributed by atoms with Crippen LogP contribution in [-0.2, 0) is 82.9 Å². The van der Waals surface area contributed by atoms with Gasteiger partial charge in [0.05, 0.1) is 17.3 Å². The van der Waals surface area contributed by atoms with E-state index in [1.165, 1.54) is 0 Å². The maximum atomic E-state index is 11.7. The average Bonchev–Trinajstić information content (AvgIpc) is 4.03. The third-order valence-electron chi connectivity index (χ3n) is 9.33. The van der Waals surface area contributed by atoms with E-state index in [2.05, 4.69) is 16.0 Å². The van der Waals surface area contributed by atoms with Gasteiger partial charge in [-0.1, -0.05) is 60.7 Å². The van der Waals surface area contributed by atoms with Crippen LogP contribution in [0.4, 0.5) is 0 Å². The number of unbranched alkanes of at least 4 members (excludes halogenated alkanes) is 2. The first kappa shape index (κ1) is 60.7. The Bertz CT molecular complexity index is 2150. The number of rotatable bonds is 18. The van der Waals surface area contributed by atoms with Gasteiger partial charge in [0.15, 0.2) is 0 Å². The van der Waals surface area contributed by atoms with E-state index < -0.39 is 85.1 Å². The van der Waals surface area contributed by atoms with Crippen LogP contribution in [0.15, 0.2) is 60.7 Å². The molecule has 5 atom stereocenters. The van der Waals surface area contributed by atoms with Crippen molar-refractivity contribution in [1.29, 1.82) is 0 Å². The van der Waals surface area contributed by atoms with Gasteiger partial charge in [0.25, 0.3) is 50.6 Å². The van der Waals surface area contributed by atoms with Crippen LogP contribution < -0.4 is 27.4 Å². The Kier molecular flexibility index (Phi) is 27.9. The van der Waals surface area contributed by atoms with Crippen LogP contribution >= 0.6 is 0 Å². The second-order valence-corrected chi connectivity index (χ2v) is 23.0. The minimum absolute atomic E-state index is 0.0324. The Balaban J connectivity index is 0.000000432. The van der Waals surface area contributed by atoms with Gasteiger partial charge in [-0.05, 0) is 82.1 Å². The highest BCUT2D eigenvalue weighted by Crippen LogP contribution is 2.17. The lowest BCUT2D eigenvalue weighted by atomic mass is 10.2. The molecule has 0 radical (unpaired) electrons. The highest BCUT2D eigenvalue weighted by molar-refractivity contribution is 7.87. The van der Waals surface area contributed by atoms with Gasteiger partial charge in [-0.2, -0.15) is 42.1 Å².